The Bertz CT molecular complexity index is 878. The molecule has 0 fully saturated rings. The molecule has 0 atom stereocenters. The Morgan fingerprint density at radius 2 is 2.05 bits per heavy atom. The molecule has 7 nitrogen and oxygen atoms in total. The molecule has 0 saturated heterocycles. The number of anilines is 1. The molecule has 2 heterocycles. The van der Waals surface area contributed by atoms with Crippen molar-refractivity contribution in [2.45, 2.75) is 11.5 Å². The van der Waals surface area contributed by atoms with Crippen LogP contribution in [0.15, 0.2) is 41.6 Å². The van der Waals surface area contributed by atoms with Gasteiger partial charge in [0.25, 0.3) is 16.0 Å². The number of thiophene rings is 1. The van der Waals surface area contributed by atoms with Gasteiger partial charge >= 0.3 is 0 Å². The van der Waals surface area contributed by atoms with Gasteiger partial charge in [-0.05, 0) is 6.07 Å². The number of rotatable bonds is 4. The lowest BCUT2D eigenvalue weighted by Gasteiger charge is -2.06. The van der Waals surface area contributed by atoms with Gasteiger partial charge in [-0.3, -0.25) is 0 Å². The molecule has 0 radical (unpaired) electrons. The fourth-order valence-corrected chi connectivity index (χ4v) is 4.68. The highest BCUT2D eigenvalue weighted by Crippen LogP contribution is 2.35. The number of nitrogens with zero attached hydrogens (tertiary/aromatic N) is 3. The second kappa shape index (κ2) is 5.35. The lowest BCUT2D eigenvalue weighted by molar-refractivity contribution is 0.283. The standard InChI is InChI=1S/C12H10N4O3S2/c17-7-10-11(8-3-1-2-4-9(8)20-10)21(18,19)16-12-13-5-6-14-15-12/h1-6,17H,7H2,(H,13,15,16). The molecular formula is C12H10N4O3S2. The van der Waals surface area contributed by atoms with Gasteiger partial charge in [-0.2, -0.15) is 5.10 Å². The maximum absolute atomic E-state index is 12.5. The van der Waals surface area contributed by atoms with Crippen molar-refractivity contribution in [3.63, 3.8) is 0 Å². The first-order chi connectivity index (χ1) is 10.1. The molecule has 0 spiro atoms. The highest BCUT2D eigenvalue weighted by Gasteiger charge is 2.25. The zero-order valence-electron chi connectivity index (χ0n) is 10.6. The molecule has 1 aromatic carbocycles. The molecule has 2 N–H and O–H groups in total. The summed E-state index contributed by atoms with van der Waals surface area (Å²) in [5, 5.41) is 17.1. The molecule has 0 saturated carbocycles. The molecule has 0 amide bonds. The molecule has 2 aromatic heterocycles. The van der Waals surface area contributed by atoms with E-state index in [4.69, 9.17) is 0 Å². The summed E-state index contributed by atoms with van der Waals surface area (Å²) in [5.74, 6) is -0.114. The van der Waals surface area contributed by atoms with Crippen LogP contribution >= 0.6 is 11.3 Å². The molecule has 0 aliphatic heterocycles. The third-order valence-electron chi connectivity index (χ3n) is 2.74. The fourth-order valence-electron chi connectivity index (χ4n) is 1.94. The number of aromatic nitrogens is 3. The summed E-state index contributed by atoms with van der Waals surface area (Å²) in [6.45, 7) is -0.358. The Kier molecular flexibility index (Phi) is 3.53. The molecule has 0 aliphatic carbocycles. The maximum atomic E-state index is 12.5. The quantitative estimate of drug-likeness (QED) is 0.752. The van der Waals surface area contributed by atoms with Crippen LogP contribution in [0.1, 0.15) is 4.88 Å². The monoisotopic (exact) mass is 322 g/mol. The van der Waals surface area contributed by atoms with Crippen molar-refractivity contribution < 1.29 is 13.5 Å². The third-order valence-corrected chi connectivity index (χ3v) is 5.48. The first-order valence-electron chi connectivity index (χ1n) is 5.89. The topological polar surface area (TPSA) is 105 Å². The van der Waals surface area contributed by atoms with Crippen LogP contribution in [-0.4, -0.2) is 28.7 Å². The third kappa shape index (κ3) is 2.58. The number of hydrogen-bond acceptors (Lipinski definition) is 7. The number of benzene rings is 1. The van der Waals surface area contributed by atoms with Gasteiger partial charge in [-0.25, -0.2) is 18.1 Å². The molecule has 108 valence electrons. The van der Waals surface area contributed by atoms with E-state index in [0.29, 0.717) is 10.3 Å². The normalized spacial score (nSPS) is 11.7. The van der Waals surface area contributed by atoms with Crippen LogP contribution in [0, 0.1) is 0 Å². The van der Waals surface area contributed by atoms with Gasteiger partial charge in [0.2, 0.25) is 0 Å². The van der Waals surface area contributed by atoms with Gasteiger partial charge in [0, 0.05) is 10.1 Å². The van der Waals surface area contributed by atoms with E-state index < -0.39 is 10.0 Å². The second-order valence-electron chi connectivity index (χ2n) is 4.08. The van der Waals surface area contributed by atoms with Crippen molar-refractivity contribution >= 4 is 37.4 Å². The van der Waals surface area contributed by atoms with E-state index >= 15 is 0 Å². The molecule has 3 aromatic rings. The van der Waals surface area contributed by atoms with Gasteiger partial charge in [0.15, 0.2) is 0 Å². The summed E-state index contributed by atoms with van der Waals surface area (Å²) in [4.78, 5) is 4.21. The van der Waals surface area contributed by atoms with Crippen LogP contribution in [0.25, 0.3) is 10.1 Å². The number of fused-ring (bicyclic) bond motifs is 1. The van der Waals surface area contributed by atoms with Crippen molar-refractivity contribution in [2.24, 2.45) is 0 Å². The second-order valence-corrected chi connectivity index (χ2v) is 6.84. The number of nitrogens with one attached hydrogen (secondary N) is 1. The van der Waals surface area contributed by atoms with Crippen LogP contribution < -0.4 is 4.72 Å². The van der Waals surface area contributed by atoms with E-state index in [1.165, 1.54) is 23.7 Å². The predicted molar refractivity (Wildman–Crippen MR) is 78.4 cm³/mol. The van der Waals surface area contributed by atoms with E-state index in [0.717, 1.165) is 4.70 Å². The summed E-state index contributed by atoms with van der Waals surface area (Å²) in [5.41, 5.74) is 0. The van der Waals surface area contributed by atoms with Crippen molar-refractivity contribution in [1.29, 1.82) is 0 Å². The first-order valence-corrected chi connectivity index (χ1v) is 8.19. The average molecular weight is 322 g/mol. The van der Waals surface area contributed by atoms with Gasteiger partial charge in [0.1, 0.15) is 4.90 Å². The Labute approximate surface area is 124 Å². The predicted octanol–water partition coefficient (Wildman–Crippen LogP) is 1.38. The van der Waals surface area contributed by atoms with Crippen LogP contribution in [0.3, 0.4) is 0 Å². The molecule has 0 aliphatic rings. The molecule has 0 unspecified atom stereocenters. The van der Waals surface area contributed by atoms with Crippen LogP contribution in [0.2, 0.25) is 0 Å². The van der Waals surface area contributed by atoms with Gasteiger partial charge in [-0.1, -0.05) is 18.2 Å². The number of hydrogen-bond donors (Lipinski definition) is 2. The van der Waals surface area contributed by atoms with Crippen LogP contribution in [0.5, 0.6) is 0 Å². The Morgan fingerprint density at radius 1 is 1.24 bits per heavy atom. The van der Waals surface area contributed by atoms with E-state index in [1.807, 2.05) is 6.07 Å². The van der Waals surface area contributed by atoms with E-state index in [2.05, 4.69) is 19.9 Å². The van der Waals surface area contributed by atoms with Crippen molar-refractivity contribution in [1.82, 2.24) is 15.2 Å². The first kappa shape index (κ1) is 13.9. The van der Waals surface area contributed by atoms with Gasteiger partial charge < -0.3 is 5.11 Å². The zero-order valence-corrected chi connectivity index (χ0v) is 12.2. The van der Waals surface area contributed by atoms with Crippen molar-refractivity contribution in [3.8, 4) is 0 Å². The molecule has 0 bridgehead atoms. The molecular weight excluding hydrogens is 312 g/mol. The number of aliphatic hydroxyl groups excluding tert-OH is 1. The van der Waals surface area contributed by atoms with E-state index in [1.54, 1.807) is 18.2 Å². The highest BCUT2D eigenvalue weighted by atomic mass is 32.2. The minimum atomic E-state index is -3.90. The van der Waals surface area contributed by atoms with Crippen molar-refractivity contribution in [3.05, 3.63) is 41.5 Å². The lowest BCUT2D eigenvalue weighted by atomic mass is 10.2. The summed E-state index contributed by atoms with van der Waals surface area (Å²) in [6.07, 6.45) is 2.68. The fraction of sp³-hybridized carbons (Fsp3) is 0.0833. The van der Waals surface area contributed by atoms with E-state index in [-0.39, 0.29) is 17.5 Å². The molecule has 21 heavy (non-hydrogen) atoms. The summed E-state index contributed by atoms with van der Waals surface area (Å²) >= 11 is 1.24. The SMILES string of the molecule is O=S(=O)(Nc1nccnn1)c1c(CO)sc2ccccc12. The zero-order chi connectivity index (χ0) is 14.9. The van der Waals surface area contributed by atoms with E-state index in [9.17, 15) is 13.5 Å². The minimum absolute atomic E-state index is 0.0538. The Morgan fingerprint density at radius 3 is 2.76 bits per heavy atom. The molecule has 9 heteroatoms. The van der Waals surface area contributed by atoms with Crippen LogP contribution in [-0.2, 0) is 16.6 Å². The smallest absolute Gasteiger partial charge is 0.266 e. The van der Waals surface area contributed by atoms with Gasteiger partial charge in [0.05, 0.1) is 23.9 Å². The largest absolute Gasteiger partial charge is 0.391 e. The summed E-state index contributed by atoms with van der Waals surface area (Å²) in [6, 6.07) is 7.06. The minimum Gasteiger partial charge on any atom is -0.391 e. The Hall–Kier alpha value is -2.10. The highest BCUT2D eigenvalue weighted by molar-refractivity contribution is 7.93. The number of aliphatic hydroxyl groups is 1. The van der Waals surface area contributed by atoms with Crippen LogP contribution in [0.4, 0.5) is 5.95 Å². The maximum Gasteiger partial charge on any atom is 0.266 e. The average Bonchev–Trinajstić information content (AvgIpc) is 2.87. The Balaban J connectivity index is 2.14. The van der Waals surface area contributed by atoms with Crippen molar-refractivity contribution in [2.75, 3.05) is 4.72 Å². The molecule has 3 rings (SSSR count). The summed E-state index contributed by atoms with van der Waals surface area (Å²) in [7, 11) is -3.90. The number of sulfonamides is 1. The summed E-state index contributed by atoms with van der Waals surface area (Å²) < 4.78 is 28.1. The van der Waals surface area contributed by atoms with Gasteiger partial charge in [-0.15, -0.1) is 16.4 Å². The lowest BCUT2D eigenvalue weighted by Crippen LogP contribution is -2.16.